The average molecular weight is 194 g/mol. The molecule has 0 unspecified atom stereocenters. The number of carbonyl (C=O) groups is 1. The topological polar surface area (TPSA) is 70.6 Å². The molecule has 0 heterocycles. The molecule has 0 aliphatic heterocycles. The van der Waals surface area contributed by atoms with Gasteiger partial charge in [-0.1, -0.05) is 30.3 Å². The monoisotopic (exact) mass is 194 g/mol. The summed E-state index contributed by atoms with van der Waals surface area (Å²) in [6, 6.07) is 8.22. The number of nitrogens with one attached hydrogen (secondary N) is 2. The van der Waals surface area contributed by atoms with Crippen LogP contribution in [0.5, 0.6) is 0 Å². The van der Waals surface area contributed by atoms with Crippen molar-refractivity contribution in [3.8, 4) is 0 Å². The van der Waals surface area contributed by atoms with Crippen LogP contribution in [0.3, 0.4) is 0 Å². The fourth-order valence-electron chi connectivity index (χ4n) is 0.846. The molecule has 6 heteroatoms. The standard InChI is InChI=1S/C8H11BN2O3/c1-10-8(12)11-14-9(13)7-5-3-2-4-6-7/h2-6,13H,1H3,(H2,10,11,12). The van der Waals surface area contributed by atoms with Crippen LogP contribution in [0, 0.1) is 0 Å². The Kier molecular flexibility index (Phi) is 3.96. The maximum Gasteiger partial charge on any atom is 0.514 e. The zero-order chi connectivity index (χ0) is 10.4. The van der Waals surface area contributed by atoms with Crippen LogP contribution in [0.25, 0.3) is 0 Å². The van der Waals surface area contributed by atoms with Crippen molar-refractivity contribution in [3.05, 3.63) is 30.3 Å². The van der Waals surface area contributed by atoms with Gasteiger partial charge in [-0.15, -0.1) is 0 Å². The zero-order valence-electron chi connectivity index (χ0n) is 7.73. The van der Waals surface area contributed by atoms with E-state index in [1.54, 1.807) is 24.3 Å². The Morgan fingerprint density at radius 3 is 2.64 bits per heavy atom. The van der Waals surface area contributed by atoms with Crippen molar-refractivity contribution in [2.75, 3.05) is 7.05 Å². The number of hydrogen-bond acceptors (Lipinski definition) is 3. The Morgan fingerprint density at radius 1 is 1.43 bits per heavy atom. The van der Waals surface area contributed by atoms with Gasteiger partial charge in [-0.25, -0.2) is 10.3 Å². The van der Waals surface area contributed by atoms with Crippen LogP contribution in [0.2, 0.25) is 0 Å². The van der Waals surface area contributed by atoms with Crippen LogP contribution >= 0.6 is 0 Å². The van der Waals surface area contributed by atoms with E-state index in [1.807, 2.05) is 11.5 Å². The fourth-order valence-corrected chi connectivity index (χ4v) is 0.846. The van der Waals surface area contributed by atoms with Crippen molar-refractivity contribution in [2.45, 2.75) is 0 Å². The Hall–Kier alpha value is -1.53. The Morgan fingerprint density at radius 2 is 2.07 bits per heavy atom. The fraction of sp³-hybridized carbons (Fsp3) is 0.125. The maximum atomic E-state index is 10.7. The number of amides is 2. The summed E-state index contributed by atoms with van der Waals surface area (Å²) in [7, 11) is 0.293. The smallest absolute Gasteiger partial charge is 0.422 e. The van der Waals surface area contributed by atoms with Gasteiger partial charge in [-0.2, -0.15) is 0 Å². The maximum absolute atomic E-state index is 10.7. The van der Waals surface area contributed by atoms with E-state index in [-0.39, 0.29) is 0 Å². The molecule has 0 bridgehead atoms. The second kappa shape index (κ2) is 5.26. The van der Waals surface area contributed by atoms with E-state index in [4.69, 9.17) is 0 Å². The summed E-state index contributed by atoms with van der Waals surface area (Å²) in [6.45, 7) is 0. The molecule has 1 aromatic carbocycles. The van der Waals surface area contributed by atoms with Gasteiger partial charge < -0.3 is 10.3 Å². The molecule has 0 saturated carbocycles. The molecule has 5 nitrogen and oxygen atoms in total. The van der Waals surface area contributed by atoms with Gasteiger partial charge in [-0.05, 0) is 5.46 Å². The third-order valence-corrected chi connectivity index (χ3v) is 1.58. The van der Waals surface area contributed by atoms with Gasteiger partial charge in [0.25, 0.3) is 0 Å². The highest BCUT2D eigenvalue weighted by Crippen LogP contribution is 1.85. The van der Waals surface area contributed by atoms with Crippen molar-refractivity contribution in [1.82, 2.24) is 10.8 Å². The number of carbonyl (C=O) groups excluding carboxylic acids is 1. The van der Waals surface area contributed by atoms with Gasteiger partial charge in [0.15, 0.2) is 0 Å². The normalized spacial score (nSPS) is 9.29. The van der Waals surface area contributed by atoms with Gasteiger partial charge in [0.05, 0.1) is 0 Å². The lowest BCUT2D eigenvalue weighted by Gasteiger charge is -2.08. The molecule has 0 aliphatic rings. The summed E-state index contributed by atoms with van der Waals surface area (Å²) in [6.07, 6.45) is 0. The van der Waals surface area contributed by atoms with Gasteiger partial charge in [0.1, 0.15) is 0 Å². The molecule has 3 N–H and O–H groups in total. The molecule has 0 saturated heterocycles. The van der Waals surface area contributed by atoms with E-state index < -0.39 is 13.1 Å². The molecule has 0 aliphatic carbocycles. The summed E-state index contributed by atoms with van der Waals surface area (Å²) >= 11 is 0. The van der Waals surface area contributed by atoms with Crippen molar-refractivity contribution in [1.29, 1.82) is 0 Å². The van der Waals surface area contributed by atoms with Crippen LogP contribution in [-0.4, -0.2) is 25.2 Å². The summed E-state index contributed by atoms with van der Waals surface area (Å²) < 4.78 is 4.67. The first-order valence-electron chi connectivity index (χ1n) is 4.10. The predicted octanol–water partition coefficient (Wildman–Crippen LogP) is -0.765. The van der Waals surface area contributed by atoms with Crippen molar-refractivity contribution < 1.29 is 14.6 Å². The highest BCUT2D eigenvalue weighted by Gasteiger charge is 2.16. The highest BCUT2D eigenvalue weighted by atomic mass is 16.7. The molecular formula is C8H11BN2O3. The lowest BCUT2D eigenvalue weighted by Crippen LogP contribution is -2.43. The number of benzene rings is 1. The van der Waals surface area contributed by atoms with Gasteiger partial charge >= 0.3 is 13.1 Å². The first kappa shape index (κ1) is 10.6. The minimum atomic E-state index is -1.16. The minimum absolute atomic E-state index is 0.514. The van der Waals surface area contributed by atoms with Crippen molar-refractivity contribution in [3.63, 3.8) is 0 Å². The number of hydrogen-bond donors (Lipinski definition) is 3. The molecule has 1 aromatic rings. The third kappa shape index (κ3) is 3.08. The van der Waals surface area contributed by atoms with Gasteiger partial charge in [0, 0.05) is 7.05 Å². The average Bonchev–Trinajstić information content (AvgIpc) is 2.26. The summed E-state index contributed by atoms with van der Waals surface area (Å²) in [5, 5.41) is 11.7. The summed E-state index contributed by atoms with van der Waals surface area (Å²) in [4.78, 5) is 10.7. The Balaban J connectivity index is 2.43. The van der Waals surface area contributed by atoms with Crippen LogP contribution in [0.1, 0.15) is 0 Å². The molecule has 0 spiro atoms. The summed E-state index contributed by atoms with van der Waals surface area (Å²) in [5.74, 6) is 0. The third-order valence-electron chi connectivity index (χ3n) is 1.58. The van der Waals surface area contributed by atoms with E-state index >= 15 is 0 Å². The quantitative estimate of drug-likeness (QED) is 0.437. The Labute approximate surface area is 82.2 Å². The van der Waals surface area contributed by atoms with Crippen LogP contribution in [0.15, 0.2) is 30.3 Å². The molecule has 14 heavy (non-hydrogen) atoms. The highest BCUT2D eigenvalue weighted by molar-refractivity contribution is 6.59. The van der Waals surface area contributed by atoms with Crippen molar-refractivity contribution >= 4 is 18.6 Å². The molecule has 0 aromatic heterocycles. The first-order valence-corrected chi connectivity index (χ1v) is 4.10. The van der Waals surface area contributed by atoms with Crippen LogP contribution < -0.4 is 16.3 Å². The second-order valence-electron chi connectivity index (χ2n) is 2.56. The lowest BCUT2D eigenvalue weighted by molar-refractivity contribution is 0.162. The summed E-state index contributed by atoms with van der Waals surface area (Å²) in [5.41, 5.74) is 2.60. The second-order valence-corrected chi connectivity index (χ2v) is 2.56. The van der Waals surface area contributed by atoms with E-state index in [9.17, 15) is 9.82 Å². The van der Waals surface area contributed by atoms with Crippen LogP contribution in [-0.2, 0) is 4.76 Å². The van der Waals surface area contributed by atoms with E-state index in [0.717, 1.165) is 0 Å². The molecule has 74 valence electrons. The van der Waals surface area contributed by atoms with E-state index in [0.29, 0.717) is 5.46 Å². The SMILES string of the molecule is CNC(=O)NOB(O)c1ccccc1. The first-order chi connectivity index (χ1) is 6.74. The number of hydroxylamine groups is 1. The number of rotatable bonds is 3. The van der Waals surface area contributed by atoms with Gasteiger partial charge in [-0.3, -0.25) is 4.76 Å². The van der Waals surface area contributed by atoms with E-state index in [2.05, 4.69) is 10.1 Å². The molecule has 0 fully saturated rings. The molecule has 0 atom stereocenters. The number of urea groups is 1. The Bertz CT molecular complexity index is 294. The molecule has 2 amide bonds. The van der Waals surface area contributed by atoms with Crippen LogP contribution in [0.4, 0.5) is 4.79 Å². The minimum Gasteiger partial charge on any atom is -0.422 e. The predicted molar refractivity (Wildman–Crippen MR) is 52.7 cm³/mol. The molecule has 0 radical (unpaired) electrons. The molecule has 1 rings (SSSR count). The zero-order valence-corrected chi connectivity index (χ0v) is 7.73. The molecular weight excluding hydrogens is 183 g/mol. The van der Waals surface area contributed by atoms with E-state index in [1.165, 1.54) is 7.05 Å². The largest absolute Gasteiger partial charge is 0.514 e. The lowest BCUT2D eigenvalue weighted by atomic mass is 9.80. The van der Waals surface area contributed by atoms with Gasteiger partial charge in [0.2, 0.25) is 0 Å². The van der Waals surface area contributed by atoms with Crippen molar-refractivity contribution in [2.24, 2.45) is 0 Å².